The quantitative estimate of drug-likeness (QED) is 0.389. The van der Waals surface area contributed by atoms with Gasteiger partial charge >= 0.3 is 0 Å². The Morgan fingerprint density at radius 2 is 1.89 bits per heavy atom. The number of ether oxygens (including phenoxy) is 1. The first kappa shape index (κ1) is 26.3. The van der Waals surface area contributed by atoms with Crippen LogP contribution in [0.2, 0.25) is 0 Å². The topological polar surface area (TPSA) is 66.9 Å². The zero-order chi connectivity index (χ0) is 25.9. The van der Waals surface area contributed by atoms with E-state index in [0.29, 0.717) is 13.0 Å². The number of para-hydroxylation sites is 1. The van der Waals surface area contributed by atoms with E-state index in [1.165, 1.54) is 10.4 Å². The third kappa shape index (κ3) is 5.79. The maximum atomic E-state index is 14.2. The number of rotatable bonds is 9. The van der Waals surface area contributed by atoms with Gasteiger partial charge < -0.3 is 9.64 Å². The molecule has 0 aliphatic carbocycles. The van der Waals surface area contributed by atoms with Crippen molar-refractivity contribution in [2.75, 3.05) is 26.2 Å². The van der Waals surface area contributed by atoms with Gasteiger partial charge in [0.25, 0.3) is 0 Å². The molecule has 192 valence electrons. The van der Waals surface area contributed by atoms with Gasteiger partial charge in [0, 0.05) is 18.0 Å². The van der Waals surface area contributed by atoms with E-state index < -0.39 is 21.9 Å². The fourth-order valence-electron chi connectivity index (χ4n) is 4.36. The van der Waals surface area contributed by atoms with Crippen molar-refractivity contribution in [1.82, 2.24) is 9.21 Å². The highest BCUT2D eigenvalue weighted by molar-refractivity contribution is 7.89. The number of amides is 1. The van der Waals surface area contributed by atoms with E-state index >= 15 is 0 Å². The zero-order valence-electron chi connectivity index (χ0n) is 20.7. The Hall–Kier alpha value is -2.75. The Morgan fingerprint density at radius 1 is 1.17 bits per heavy atom. The van der Waals surface area contributed by atoms with Crippen molar-refractivity contribution in [2.45, 2.75) is 38.1 Å². The van der Waals surface area contributed by atoms with Gasteiger partial charge in [-0.3, -0.25) is 4.79 Å². The summed E-state index contributed by atoms with van der Waals surface area (Å²) in [6.07, 6.45) is 0.684. The summed E-state index contributed by atoms with van der Waals surface area (Å²) in [4.78, 5) is 16.6. The number of carbonyl (C=O) groups excluding carboxylic acids is 1. The Labute approximate surface area is 216 Å². The lowest BCUT2D eigenvalue weighted by molar-refractivity contribution is -0.135. The first-order chi connectivity index (χ1) is 17.2. The van der Waals surface area contributed by atoms with E-state index in [0.717, 1.165) is 16.0 Å². The number of sulfonamides is 1. The summed E-state index contributed by atoms with van der Waals surface area (Å²) in [7, 11) is -3.87. The molecule has 0 spiro atoms. The van der Waals surface area contributed by atoms with Crippen LogP contribution in [0.4, 0.5) is 4.39 Å². The molecular weight excluding hydrogens is 499 g/mol. The highest BCUT2D eigenvalue weighted by Crippen LogP contribution is 2.34. The SMILES string of the molecule is Cc1ccc(S(=O)(=O)N(CC(=O)N2CCc3sccc3C2COc2ccccc2F)CC(C)C)cc1. The van der Waals surface area contributed by atoms with E-state index in [1.54, 1.807) is 58.7 Å². The van der Waals surface area contributed by atoms with Gasteiger partial charge in [-0.15, -0.1) is 11.3 Å². The van der Waals surface area contributed by atoms with Crippen LogP contribution >= 0.6 is 11.3 Å². The van der Waals surface area contributed by atoms with Crippen molar-refractivity contribution in [3.8, 4) is 5.75 Å². The van der Waals surface area contributed by atoms with Gasteiger partial charge in [-0.2, -0.15) is 4.31 Å². The van der Waals surface area contributed by atoms with Crippen molar-refractivity contribution in [3.63, 3.8) is 0 Å². The van der Waals surface area contributed by atoms with Crippen LogP contribution in [0.1, 0.15) is 35.9 Å². The number of halogens is 1. The fraction of sp³-hybridized carbons (Fsp3) is 0.370. The second-order valence-corrected chi connectivity index (χ2v) is 12.3. The van der Waals surface area contributed by atoms with Crippen LogP contribution in [0.25, 0.3) is 0 Å². The average Bonchev–Trinajstić information content (AvgIpc) is 3.32. The van der Waals surface area contributed by atoms with Crippen LogP contribution in [-0.2, 0) is 21.2 Å². The molecule has 1 unspecified atom stereocenters. The lowest BCUT2D eigenvalue weighted by Gasteiger charge is -2.37. The average molecular weight is 531 g/mol. The van der Waals surface area contributed by atoms with Crippen molar-refractivity contribution >= 4 is 27.3 Å². The smallest absolute Gasteiger partial charge is 0.243 e. The Balaban J connectivity index is 1.58. The molecule has 0 saturated heterocycles. The fourth-order valence-corrected chi connectivity index (χ4v) is 6.84. The highest BCUT2D eigenvalue weighted by Gasteiger charge is 2.35. The normalized spacial score (nSPS) is 15.8. The number of hydrogen-bond donors (Lipinski definition) is 0. The van der Waals surface area contributed by atoms with Crippen molar-refractivity contribution in [2.24, 2.45) is 5.92 Å². The third-order valence-corrected chi connectivity index (χ3v) is 9.01. The molecule has 1 aromatic heterocycles. The number of hydrogen-bond acceptors (Lipinski definition) is 5. The van der Waals surface area contributed by atoms with Crippen molar-refractivity contribution in [3.05, 3.63) is 81.8 Å². The Morgan fingerprint density at radius 3 is 2.58 bits per heavy atom. The van der Waals surface area contributed by atoms with E-state index in [9.17, 15) is 17.6 Å². The molecule has 1 amide bonds. The van der Waals surface area contributed by atoms with Gasteiger partial charge in [-0.25, -0.2) is 12.8 Å². The second kappa shape index (κ2) is 11.1. The van der Waals surface area contributed by atoms with Gasteiger partial charge in [-0.1, -0.05) is 43.7 Å². The summed E-state index contributed by atoms with van der Waals surface area (Å²) in [6.45, 7) is 6.20. The molecule has 0 fully saturated rings. The van der Waals surface area contributed by atoms with Crippen LogP contribution in [0, 0.1) is 18.7 Å². The predicted molar refractivity (Wildman–Crippen MR) is 139 cm³/mol. The molecule has 0 N–H and O–H groups in total. The minimum atomic E-state index is -3.87. The lowest BCUT2D eigenvalue weighted by Crippen LogP contribution is -2.48. The van der Waals surface area contributed by atoms with Gasteiger partial charge in [-0.05, 0) is 60.5 Å². The number of nitrogens with zero attached hydrogens (tertiary/aromatic N) is 2. The van der Waals surface area contributed by atoms with Crippen LogP contribution in [-0.4, -0.2) is 49.8 Å². The molecule has 6 nitrogen and oxygen atoms in total. The Kier molecular flexibility index (Phi) is 8.12. The van der Waals surface area contributed by atoms with Crippen LogP contribution in [0.3, 0.4) is 0 Å². The van der Waals surface area contributed by atoms with E-state index in [-0.39, 0.29) is 42.2 Å². The van der Waals surface area contributed by atoms with E-state index in [4.69, 9.17) is 4.74 Å². The molecule has 36 heavy (non-hydrogen) atoms. The number of benzene rings is 2. The zero-order valence-corrected chi connectivity index (χ0v) is 22.3. The molecule has 9 heteroatoms. The molecule has 1 aliphatic heterocycles. The van der Waals surface area contributed by atoms with Gasteiger partial charge in [0.2, 0.25) is 15.9 Å². The number of fused-ring (bicyclic) bond motifs is 1. The summed E-state index contributed by atoms with van der Waals surface area (Å²) in [5.74, 6) is -0.618. The molecule has 1 aliphatic rings. The van der Waals surface area contributed by atoms with Gasteiger partial charge in [0.15, 0.2) is 11.6 Å². The monoisotopic (exact) mass is 530 g/mol. The number of aryl methyl sites for hydroxylation is 1. The predicted octanol–water partition coefficient (Wildman–Crippen LogP) is 5.05. The summed E-state index contributed by atoms with van der Waals surface area (Å²) >= 11 is 1.62. The molecule has 0 radical (unpaired) electrons. The molecule has 0 saturated carbocycles. The van der Waals surface area contributed by atoms with Gasteiger partial charge in [0.1, 0.15) is 6.61 Å². The van der Waals surface area contributed by atoms with Crippen LogP contribution in [0.15, 0.2) is 64.9 Å². The minimum absolute atomic E-state index is 0.0306. The third-order valence-electron chi connectivity index (χ3n) is 6.19. The van der Waals surface area contributed by atoms with Gasteiger partial charge in [0.05, 0.1) is 17.5 Å². The number of thiophene rings is 1. The standard InChI is InChI=1S/C27H31FN2O4S2/c1-19(2)16-29(36(32,33)21-10-8-20(3)9-11-21)17-27(31)30-14-12-26-22(13-15-35-26)24(30)18-34-25-7-5-4-6-23(25)28/h4-11,13,15,19,24H,12,14,16-18H2,1-3H3. The maximum absolute atomic E-state index is 14.2. The largest absolute Gasteiger partial charge is 0.488 e. The Bertz CT molecular complexity index is 1310. The molecule has 2 aromatic carbocycles. The lowest BCUT2D eigenvalue weighted by atomic mass is 10.0. The summed E-state index contributed by atoms with van der Waals surface area (Å²) in [6, 6.07) is 14.3. The molecule has 4 rings (SSSR count). The summed E-state index contributed by atoms with van der Waals surface area (Å²) < 4.78 is 48.2. The molecule has 0 bridgehead atoms. The van der Waals surface area contributed by atoms with Crippen LogP contribution < -0.4 is 4.74 Å². The maximum Gasteiger partial charge on any atom is 0.243 e. The second-order valence-electron chi connectivity index (χ2n) is 9.40. The van der Waals surface area contributed by atoms with Crippen molar-refractivity contribution < 1.29 is 22.3 Å². The van der Waals surface area contributed by atoms with E-state index in [2.05, 4.69) is 0 Å². The molecule has 3 aromatic rings. The van der Waals surface area contributed by atoms with Crippen LogP contribution in [0.5, 0.6) is 5.75 Å². The van der Waals surface area contributed by atoms with Crippen molar-refractivity contribution in [1.29, 1.82) is 0 Å². The summed E-state index contributed by atoms with van der Waals surface area (Å²) in [5.41, 5.74) is 1.92. The highest BCUT2D eigenvalue weighted by atomic mass is 32.2. The number of carbonyl (C=O) groups is 1. The van der Waals surface area contributed by atoms with E-state index in [1.807, 2.05) is 32.2 Å². The molecular formula is C27H31FN2O4S2. The first-order valence-corrected chi connectivity index (χ1v) is 14.3. The molecule has 2 heterocycles. The molecule has 1 atom stereocenters. The first-order valence-electron chi connectivity index (χ1n) is 12.0. The summed E-state index contributed by atoms with van der Waals surface area (Å²) in [5, 5.41) is 1.97. The minimum Gasteiger partial charge on any atom is -0.488 e.